The van der Waals surface area contributed by atoms with E-state index in [9.17, 15) is 4.57 Å². The maximum Gasteiger partial charge on any atom is 0.508 e. The summed E-state index contributed by atoms with van der Waals surface area (Å²) in [5, 5.41) is 0. The van der Waals surface area contributed by atoms with E-state index in [0.29, 0.717) is 12.8 Å². The van der Waals surface area contributed by atoms with Crippen molar-refractivity contribution in [3.63, 3.8) is 0 Å². The Bertz CT molecular complexity index is 272. The molecule has 0 spiro atoms. The van der Waals surface area contributed by atoms with Crippen LogP contribution in [-0.4, -0.2) is 12.8 Å². The van der Waals surface area contributed by atoms with E-state index in [1.807, 2.05) is 37.3 Å². The molecule has 3 heteroatoms. The molecule has 0 radical (unpaired) electrons. The van der Waals surface area contributed by atoms with Crippen molar-refractivity contribution in [1.29, 1.82) is 0 Å². The maximum absolute atomic E-state index is 11.3. The fourth-order valence-corrected chi connectivity index (χ4v) is 2.08. The highest BCUT2D eigenvalue weighted by Gasteiger charge is 2.15. The van der Waals surface area contributed by atoms with Gasteiger partial charge in [0.1, 0.15) is 6.61 Å². The largest absolute Gasteiger partial charge is 0.508 e. The van der Waals surface area contributed by atoms with Crippen molar-refractivity contribution in [2.45, 2.75) is 19.8 Å². The van der Waals surface area contributed by atoms with Gasteiger partial charge in [-0.2, -0.15) is 0 Å². The Labute approximate surface area is 86.2 Å². The smallest absolute Gasteiger partial charge is 0.146 e. The average Bonchev–Trinajstić information content (AvgIpc) is 2.25. The minimum absolute atomic E-state index is 0.601. The summed E-state index contributed by atoms with van der Waals surface area (Å²) in [6.45, 7) is 2.62. The van der Waals surface area contributed by atoms with Crippen molar-refractivity contribution in [3.05, 3.63) is 35.9 Å². The fraction of sp³-hybridized carbons (Fsp3) is 0.455. The summed E-state index contributed by atoms with van der Waals surface area (Å²) in [5.41, 5.74) is 1.22. The van der Waals surface area contributed by atoms with Gasteiger partial charge in [-0.25, -0.2) is 0 Å². The third kappa shape index (κ3) is 4.50. The van der Waals surface area contributed by atoms with Crippen LogP contribution in [-0.2, 0) is 15.5 Å². The first-order chi connectivity index (χ1) is 6.83. The lowest BCUT2D eigenvalue weighted by molar-refractivity contribution is 0.329. The van der Waals surface area contributed by atoms with Gasteiger partial charge in [0.15, 0.2) is 6.16 Å². The summed E-state index contributed by atoms with van der Waals surface area (Å²) < 4.78 is 16.4. The molecule has 0 N–H and O–H groups in total. The molecular formula is C11H16O2P+. The lowest BCUT2D eigenvalue weighted by atomic mass is 10.2. The van der Waals surface area contributed by atoms with Gasteiger partial charge in [-0.15, -0.1) is 4.52 Å². The summed E-state index contributed by atoms with van der Waals surface area (Å²) in [5.74, 6) is 0. The molecule has 1 aromatic rings. The Morgan fingerprint density at radius 3 is 2.64 bits per heavy atom. The molecule has 1 atom stereocenters. The van der Waals surface area contributed by atoms with Gasteiger partial charge in [0.2, 0.25) is 0 Å². The standard InChI is InChI=1S/C11H16O2P/c1-2-9-13-14(12)10-8-11-6-4-3-5-7-11/h3-7H,2,8-10H2,1H3/q+1. The van der Waals surface area contributed by atoms with Gasteiger partial charge in [-0.05, 0) is 16.5 Å². The Morgan fingerprint density at radius 2 is 2.00 bits per heavy atom. The van der Waals surface area contributed by atoms with Gasteiger partial charge in [0.05, 0.1) is 0 Å². The van der Waals surface area contributed by atoms with Crippen LogP contribution in [0.15, 0.2) is 30.3 Å². The van der Waals surface area contributed by atoms with Crippen LogP contribution >= 0.6 is 8.03 Å². The van der Waals surface area contributed by atoms with Gasteiger partial charge in [-0.3, -0.25) is 0 Å². The number of benzene rings is 1. The van der Waals surface area contributed by atoms with Crippen LogP contribution < -0.4 is 0 Å². The second kappa shape index (κ2) is 6.69. The average molecular weight is 211 g/mol. The van der Waals surface area contributed by atoms with Gasteiger partial charge in [0.25, 0.3) is 0 Å². The highest BCUT2D eigenvalue weighted by molar-refractivity contribution is 7.39. The summed E-state index contributed by atoms with van der Waals surface area (Å²) in [4.78, 5) is 0. The highest BCUT2D eigenvalue weighted by atomic mass is 31.1. The number of hydrogen-bond acceptors (Lipinski definition) is 2. The zero-order valence-electron chi connectivity index (χ0n) is 8.48. The molecule has 0 aromatic heterocycles. The van der Waals surface area contributed by atoms with E-state index in [2.05, 4.69) is 0 Å². The van der Waals surface area contributed by atoms with Crippen LogP contribution in [0.1, 0.15) is 18.9 Å². The Hall–Kier alpha value is -0.720. The number of rotatable bonds is 6. The molecule has 2 nitrogen and oxygen atoms in total. The van der Waals surface area contributed by atoms with Crippen molar-refractivity contribution in [1.82, 2.24) is 0 Å². The lowest BCUT2D eigenvalue weighted by Gasteiger charge is -1.93. The molecule has 1 rings (SSSR count). The predicted octanol–water partition coefficient (Wildman–Crippen LogP) is 3.40. The van der Waals surface area contributed by atoms with Crippen molar-refractivity contribution in [2.75, 3.05) is 12.8 Å². The van der Waals surface area contributed by atoms with Gasteiger partial charge in [-0.1, -0.05) is 37.3 Å². The highest BCUT2D eigenvalue weighted by Crippen LogP contribution is 2.23. The van der Waals surface area contributed by atoms with E-state index in [0.717, 1.165) is 12.8 Å². The van der Waals surface area contributed by atoms with Gasteiger partial charge < -0.3 is 0 Å². The van der Waals surface area contributed by atoms with Gasteiger partial charge in [0, 0.05) is 6.42 Å². The molecule has 0 amide bonds. The van der Waals surface area contributed by atoms with E-state index in [4.69, 9.17) is 4.52 Å². The first-order valence-corrected chi connectivity index (χ1v) is 6.30. The van der Waals surface area contributed by atoms with Crippen molar-refractivity contribution < 1.29 is 9.09 Å². The van der Waals surface area contributed by atoms with Crippen LogP contribution in [0.2, 0.25) is 0 Å². The third-order valence-corrected chi connectivity index (χ3v) is 2.92. The van der Waals surface area contributed by atoms with Crippen LogP contribution in [0.25, 0.3) is 0 Å². The molecule has 1 aromatic carbocycles. The summed E-state index contributed by atoms with van der Waals surface area (Å²) in [6, 6.07) is 10.1. The topological polar surface area (TPSA) is 26.3 Å². The molecular weight excluding hydrogens is 195 g/mol. The van der Waals surface area contributed by atoms with E-state index in [1.165, 1.54) is 5.56 Å². The monoisotopic (exact) mass is 211 g/mol. The first kappa shape index (κ1) is 11.4. The lowest BCUT2D eigenvalue weighted by Crippen LogP contribution is -1.91. The molecule has 76 valence electrons. The van der Waals surface area contributed by atoms with Crippen LogP contribution in [0, 0.1) is 0 Å². The molecule has 0 saturated heterocycles. The molecule has 0 bridgehead atoms. The zero-order valence-corrected chi connectivity index (χ0v) is 9.37. The first-order valence-electron chi connectivity index (χ1n) is 4.94. The van der Waals surface area contributed by atoms with Gasteiger partial charge >= 0.3 is 8.03 Å². The molecule has 0 heterocycles. The molecule has 0 saturated carbocycles. The molecule has 0 aliphatic rings. The van der Waals surface area contributed by atoms with E-state index >= 15 is 0 Å². The van der Waals surface area contributed by atoms with E-state index in [1.54, 1.807) is 0 Å². The van der Waals surface area contributed by atoms with Crippen LogP contribution in [0.4, 0.5) is 0 Å². The third-order valence-electron chi connectivity index (χ3n) is 1.87. The SMILES string of the molecule is CCCO[P+](=O)CCc1ccccc1. The zero-order chi connectivity index (χ0) is 10.2. The van der Waals surface area contributed by atoms with Crippen molar-refractivity contribution >= 4 is 8.03 Å². The normalized spacial score (nSPS) is 11.4. The maximum atomic E-state index is 11.3. The molecule has 1 unspecified atom stereocenters. The van der Waals surface area contributed by atoms with Crippen LogP contribution in [0.3, 0.4) is 0 Å². The summed E-state index contributed by atoms with van der Waals surface area (Å²) in [6.07, 6.45) is 2.38. The molecule has 0 aliphatic carbocycles. The predicted molar refractivity (Wildman–Crippen MR) is 58.9 cm³/mol. The summed E-state index contributed by atoms with van der Waals surface area (Å²) in [7, 11) is -1.46. The second-order valence-electron chi connectivity index (χ2n) is 3.13. The van der Waals surface area contributed by atoms with Crippen LogP contribution in [0.5, 0.6) is 0 Å². The number of hydrogen-bond donors (Lipinski definition) is 0. The Balaban J connectivity index is 2.24. The minimum Gasteiger partial charge on any atom is -0.146 e. The summed E-state index contributed by atoms with van der Waals surface area (Å²) >= 11 is 0. The number of aryl methyl sites for hydroxylation is 1. The Kier molecular flexibility index (Phi) is 5.43. The van der Waals surface area contributed by atoms with Crippen molar-refractivity contribution in [3.8, 4) is 0 Å². The second-order valence-corrected chi connectivity index (χ2v) is 4.50. The molecule has 14 heavy (non-hydrogen) atoms. The fourth-order valence-electron chi connectivity index (χ4n) is 1.12. The van der Waals surface area contributed by atoms with E-state index in [-0.39, 0.29) is 0 Å². The van der Waals surface area contributed by atoms with E-state index < -0.39 is 8.03 Å². The minimum atomic E-state index is -1.46. The van der Waals surface area contributed by atoms with Crippen molar-refractivity contribution in [2.24, 2.45) is 0 Å². The molecule has 0 fully saturated rings. The Morgan fingerprint density at radius 1 is 1.29 bits per heavy atom. The quantitative estimate of drug-likeness (QED) is 0.674. The molecule has 0 aliphatic heterocycles.